The van der Waals surface area contributed by atoms with Crippen molar-refractivity contribution in [3.8, 4) is 5.75 Å². The number of rotatable bonds is 3. The van der Waals surface area contributed by atoms with Gasteiger partial charge in [0.05, 0.1) is 0 Å². The van der Waals surface area contributed by atoms with E-state index in [2.05, 4.69) is 22.9 Å². The molecule has 2 aliphatic heterocycles. The second-order valence-corrected chi connectivity index (χ2v) is 7.45. The van der Waals surface area contributed by atoms with Gasteiger partial charge in [0.2, 0.25) is 0 Å². The Kier molecular flexibility index (Phi) is 4.07. The van der Waals surface area contributed by atoms with Gasteiger partial charge in [-0.05, 0) is 48.9 Å². The average molecular weight is 330 g/mol. The molecule has 3 heterocycles. The number of fused-ring (bicyclic) bond motifs is 3. The van der Waals surface area contributed by atoms with E-state index in [1.165, 1.54) is 5.56 Å². The largest absolute Gasteiger partial charge is 0.489 e. The smallest absolute Gasteiger partial charge is 0.252 e. The predicted octanol–water partition coefficient (Wildman–Crippen LogP) is 2.79. The van der Waals surface area contributed by atoms with Crippen molar-refractivity contribution in [1.29, 1.82) is 0 Å². The van der Waals surface area contributed by atoms with E-state index in [1.807, 2.05) is 23.9 Å². The molecule has 1 aromatic carbocycles. The summed E-state index contributed by atoms with van der Waals surface area (Å²) in [5.41, 5.74) is 3.16. The summed E-state index contributed by atoms with van der Waals surface area (Å²) in [4.78, 5) is 17.6. The summed E-state index contributed by atoms with van der Waals surface area (Å²) < 4.78 is 6.20. The van der Waals surface area contributed by atoms with Crippen LogP contribution in [-0.4, -0.2) is 41.4 Å². The van der Waals surface area contributed by atoms with Crippen molar-refractivity contribution in [2.75, 3.05) is 25.4 Å². The molecule has 5 heteroatoms. The standard InChI is InChI=1S/C18H22N2O2S/c1-2-20-7-5-13(10-20)22-12-3-4-17-15(9-12)14-6-8-23-11-16(14)18(21)19-17/h3-4,9,13H,2,5-8,10-11H2,1H3,(H,19,21). The molecular weight excluding hydrogens is 308 g/mol. The molecule has 4 rings (SSSR count). The number of likely N-dealkylation sites (tertiary alicyclic amines) is 1. The predicted molar refractivity (Wildman–Crippen MR) is 95.6 cm³/mol. The summed E-state index contributed by atoms with van der Waals surface area (Å²) in [6, 6.07) is 6.09. The lowest BCUT2D eigenvalue weighted by atomic mass is 10.0. The van der Waals surface area contributed by atoms with Gasteiger partial charge in [0, 0.05) is 35.3 Å². The van der Waals surface area contributed by atoms with Crippen molar-refractivity contribution in [1.82, 2.24) is 9.88 Å². The number of aromatic amines is 1. The normalized spacial score (nSPS) is 21.5. The molecule has 4 nitrogen and oxygen atoms in total. The summed E-state index contributed by atoms with van der Waals surface area (Å²) in [5, 5.41) is 1.16. The Morgan fingerprint density at radius 3 is 3.13 bits per heavy atom. The molecule has 23 heavy (non-hydrogen) atoms. The molecule has 1 saturated heterocycles. The van der Waals surface area contributed by atoms with E-state index in [9.17, 15) is 4.79 Å². The molecule has 1 N–H and O–H groups in total. The fourth-order valence-electron chi connectivity index (χ4n) is 3.61. The Hall–Kier alpha value is -1.46. The van der Waals surface area contributed by atoms with E-state index in [4.69, 9.17) is 4.74 Å². The molecule has 1 atom stereocenters. The van der Waals surface area contributed by atoms with Crippen LogP contribution < -0.4 is 10.3 Å². The number of H-pyrrole nitrogens is 1. The second kappa shape index (κ2) is 6.21. The molecule has 1 aromatic heterocycles. The Bertz CT molecular complexity index is 786. The third kappa shape index (κ3) is 2.88. The lowest BCUT2D eigenvalue weighted by Gasteiger charge is -2.19. The molecule has 0 aliphatic carbocycles. The maximum Gasteiger partial charge on any atom is 0.252 e. The number of aromatic nitrogens is 1. The molecule has 0 radical (unpaired) electrons. The molecule has 1 fully saturated rings. The first-order valence-corrected chi connectivity index (χ1v) is 9.54. The van der Waals surface area contributed by atoms with Crippen LogP contribution in [0.2, 0.25) is 0 Å². The first-order valence-electron chi connectivity index (χ1n) is 8.39. The van der Waals surface area contributed by atoms with E-state index < -0.39 is 0 Å². The van der Waals surface area contributed by atoms with E-state index in [0.29, 0.717) is 0 Å². The molecule has 0 spiro atoms. The monoisotopic (exact) mass is 330 g/mol. The van der Waals surface area contributed by atoms with Crippen molar-refractivity contribution in [2.45, 2.75) is 31.6 Å². The highest BCUT2D eigenvalue weighted by Crippen LogP contribution is 2.30. The van der Waals surface area contributed by atoms with Crippen LogP contribution in [0.5, 0.6) is 5.75 Å². The van der Waals surface area contributed by atoms with E-state index in [-0.39, 0.29) is 11.7 Å². The number of hydrogen-bond acceptors (Lipinski definition) is 4. The van der Waals surface area contributed by atoms with Crippen molar-refractivity contribution in [2.24, 2.45) is 0 Å². The molecule has 122 valence electrons. The quantitative estimate of drug-likeness (QED) is 0.940. The van der Waals surface area contributed by atoms with Gasteiger partial charge in [0.25, 0.3) is 5.56 Å². The van der Waals surface area contributed by atoms with Crippen molar-refractivity contribution in [3.63, 3.8) is 0 Å². The molecule has 2 aliphatic rings. The summed E-state index contributed by atoms with van der Waals surface area (Å²) >= 11 is 1.84. The molecule has 1 unspecified atom stereocenters. The van der Waals surface area contributed by atoms with Crippen LogP contribution in [0.4, 0.5) is 0 Å². The van der Waals surface area contributed by atoms with Crippen LogP contribution in [0, 0.1) is 0 Å². The first-order chi connectivity index (χ1) is 11.2. The highest BCUT2D eigenvalue weighted by Gasteiger charge is 2.23. The topological polar surface area (TPSA) is 45.3 Å². The maximum absolute atomic E-state index is 12.2. The van der Waals surface area contributed by atoms with Gasteiger partial charge in [-0.2, -0.15) is 11.8 Å². The van der Waals surface area contributed by atoms with Gasteiger partial charge in [-0.15, -0.1) is 0 Å². The Labute approximate surface area is 140 Å². The van der Waals surface area contributed by atoms with E-state index >= 15 is 0 Å². The lowest BCUT2D eigenvalue weighted by molar-refractivity contribution is 0.203. The molecule has 0 bridgehead atoms. The number of ether oxygens (including phenoxy) is 1. The number of thioether (sulfide) groups is 1. The van der Waals surface area contributed by atoms with Gasteiger partial charge < -0.3 is 9.72 Å². The second-order valence-electron chi connectivity index (χ2n) is 6.34. The summed E-state index contributed by atoms with van der Waals surface area (Å²) in [7, 11) is 0. The zero-order valence-corrected chi connectivity index (χ0v) is 14.2. The van der Waals surface area contributed by atoms with Crippen LogP contribution in [0.25, 0.3) is 10.9 Å². The average Bonchev–Trinajstić information content (AvgIpc) is 3.03. The van der Waals surface area contributed by atoms with Crippen LogP contribution in [-0.2, 0) is 12.2 Å². The number of nitrogens with zero attached hydrogens (tertiary/aromatic N) is 1. The van der Waals surface area contributed by atoms with Crippen molar-refractivity contribution < 1.29 is 4.74 Å². The molecule has 0 amide bonds. The minimum atomic E-state index is 0.0720. The summed E-state index contributed by atoms with van der Waals surface area (Å²) in [5.74, 6) is 2.83. The van der Waals surface area contributed by atoms with Crippen molar-refractivity contribution in [3.05, 3.63) is 39.7 Å². The van der Waals surface area contributed by atoms with Crippen LogP contribution >= 0.6 is 11.8 Å². The maximum atomic E-state index is 12.2. The Morgan fingerprint density at radius 2 is 2.30 bits per heavy atom. The number of nitrogens with one attached hydrogen (secondary N) is 1. The fraction of sp³-hybridized carbons (Fsp3) is 0.500. The van der Waals surface area contributed by atoms with Crippen molar-refractivity contribution >= 4 is 22.7 Å². The SMILES string of the molecule is CCN1CCC(Oc2ccc3[nH]c(=O)c4c(c3c2)CCSC4)C1. The Balaban J connectivity index is 1.67. The zero-order chi connectivity index (χ0) is 15.8. The molecular formula is C18H22N2O2S. The number of benzene rings is 1. The van der Waals surface area contributed by atoms with E-state index in [0.717, 1.165) is 66.2 Å². The number of hydrogen-bond donors (Lipinski definition) is 1. The molecule has 0 saturated carbocycles. The molecule has 2 aromatic rings. The minimum absolute atomic E-state index is 0.0720. The lowest BCUT2D eigenvalue weighted by Crippen LogP contribution is -2.24. The Morgan fingerprint density at radius 1 is 1.39 bits per heavy atom. The number of pyridine rings is 1. The highest BCUT2D eigenvalue weighted by molar-refractivity contribution is 7.98. The fourth-order valence-corrected chi connectivity index (χ4v) is 4.61. The third-order valence-corrected chi connectivity index (χ3v) is 5.91. The van der Waals surface area contributed by atoms with Gasteiger partial charge >= 0.3 is 0 Å². The minimum Gasteiger partial charge on any atom is -0.489 e. The summed E-state index contributed by atoms with van der Waals surface area (Å²) in [6.07, 6.45) is 2.34. The van der Waals surface area contributed by atoms with Gasteiger partial charge in [0.1, 0.15) is 11.9 Å². The van der Waals surface area contributed by atoms with Crippen LogP contribution in [0.15, 0.2) is 23.0 Å². The first kappa shape index (κ1) is 15.1. The van der Waals surface area contributed by atoms with Crippen LogP contribution in [0.1, 0.15) is 24.5 Å². The third-order valence-electron chi connectivity index (χ3n) is 4.92. The van der Waals surface area contributed by atoms with Crippen LogP contribution in [0.3, 0.4) is 0 Å². The number of likely N-dealkylation sites (N-methyl/N-ethyl adjacent to an activating group) is 1. The number of aryl methyl sites for hydroxylation is 1. The van der Waals surface area contributed by atoms with Gasteiger partial charge in [-0.25, -0.2) is 0 Å². The van der Waals surface area contributed by atoms with Gasteiger partial charge in [-0.3, -0.25) is 9.69 Å². The highest BCUT2D eigenvalue weighted by atomic mass is 32.2. The van der Waals surface area contributed by atoms with E-state index in [1.54, 1.807) is 0 Å². The van der Waals surface area contributed by atoms with Gasteiger partial charge in [-0.1, -0.05) is 6.92 Å². The summed E-state index contributed by atoms with van der Waals surface area (Å²) in [6.45, 7) is 5.41. The van der Waals surface area contributed by atoms with Gasteiger partial charge in [0.15, 0.2) is 0 Å². The zero-order valence-electron chi connectivity index (χ0n) is 13.4.